The molecule has 1 heterocycles. The van der Waals surface area contributed by atoms with E-state index in [1.54, 1.807) is 12.1 Å². The number of nitrogens with zero attached hydrogens (tertiary/aromatic N) is 2. The third-order valence-corrected chi connectivity index (χ3v) is 5.42. The average molecular weight is 506 g/mol. The van der Waals surface area contributed by atoms with E-state index in [0.717, 1.165) is 46.8 Å². The maximum atomic E-state index is 11.5. The van der Waals surface area contributed by atoms with Crippen LogP contribution in [0, 0.1) is 6.42 Å². The number of methoxy groups -OCH3 is 1. The smallest absolute Gasteiger partial charge is 0.308 e. The summed E-state index contributed by atoms with van der Waals surface area (Å²) in [6, 6.07) is 9.57. The number of alkyl halides is 1. The molecule has 3 rings (SSSR count). The summed E-state index contributed by atoms with van der Waals surface area (Å²) in [5, 5.41) is 4.14. The summed E-state index contributed by atoms with van der Waals surface area (Å²) in [6.45, 7) is 1.35. The molecule has 0 fully saturated rings. The molecule has 163 valence electrons. The van der Waals surface area contributed by atoms with Gasteiger partial charge >= 0.3 is 5.97 Å². The van der Waals surface area contributed by atoms with Gasteiger partial charge in [0.25, 0.3) is 0 Å². The quantitative estimate of drug-likeness (QED) is 0.152. The van der Waals surface area contributed by atoms with Crippen LogP contribution in [-0.4, -0.2) is 28.9 Å². The van der Waals surface area contributed by atoms with Crippen LogP contribution in [0.25, 0.3) is 10.9 Å². The fourth-order valence-electron chi connectivity index (χ4n) is 3.17. The summed E-state index contributed by atoms with van der Waals surface area (Å²) in [7, 11) is 1.52. The number of aromatic nitrogens is 2. The average Bonchev–Trinajstić information content (AvgIpc) is 2.74. The van der Waals surface area contributed by atoms with Gasteiger partial charge in [-0.2, -0.15) is 0 Å². The van der Waals surface area contributed by atoms with Crippen LogP contribution < -0.4 is 14.8 Å². The van der Waals surface area contributed by atoms with E-state index in [0.29, 0.717) is 28.7 Å². The van der Waals surface area contributed by atoms with E-state index in [-0.39, 0.29) is 0 Å². The Bertz CT molecular complexity index is 1060. The molecule has 1 N–H and O–H groups in total. The molecule has 0 aliphatic rings. The van der Waals surface area contributed by atoms with Gasteiger partial charge in [-0.15, -0.1) is 11.6 Å². The van der Waals surface area contributed by atoms with Crippen molar-refractivity contribution in [1.29, 1.82) is 0 Å². The number of esters is 1. The lowest BCUT2D eigenvalue weighted by Gasteiger charge is -2.15. The standard InChI is InChI=1S/C23H24BrClN3O3/c1-15(29)31-22-12-18-20(13-21(22)30-2)26-14-27-23(18)28-19-11-17(24)9-8-16(19)7-5-3-4-6-10-25/h5,8-9,11-14H,3-4,6-7,10H2,1-2H3,(H,26,27,28). The second-order valence-electron chi connectivity index (χ2n) is 6.94. The van der Waals surface area contributed by atoms with Crippen LogP contribution >= 0.6 is 27.5 Å². The lowest BCUT2D eigenvalue weighted by Crippen LogP contribution is -2.04. The molecule has 0 amide bonds. The van der Waals surface area contributed by atoms with Gasteiger partial charge in [0.1, 0.15) is 12.1 Å². The Kier molecular flexibility index (Phi) is 8.49. The number of hydrogen-bond donors (Lipinski definition) is 1. The number of rotatable bonds is 10. The summed E-state index contributed by atoms with van der Waals surface area (Å²) < 4.78 is 11.6. The Morgan fingerprint density at radius 2 is 2.03 bits per heavy atom. The van der Waals surface area contributed by atoms with Crippen molar-refractivity contribution < 1.29 is 14.3 Å². The molecule has 8 heteroatoms. The monoisotopic (exact) mass is 504 g/mol. The third kappa shape index (κ3) is 6.31. The van der Waals surface area contributed by atoms with Crippen molar-refractivity contribution in [2.24, 2.45) is 0 Å². The molecule has 1 radical (unpaired) electrons. The number of fused-ring (bicyclic) bond motifs is 1. The number of halogens is 2. The summed E-state index contributed by atoms with van der Waals surface area (Å²) in [5.74, 6) is 1.63. The van der Waals surface area contributed by atoms with E-state index in [1.165, 1.54) is 20.4 Å². The van der Waals surface area contributed by atoms with Gasteiger partial charge in [0.15, 0.2) is 11.5 Å². The molecule has 0 atom stereocenters. The maximum absolute atomic E-state index is 11.5. The predicted molar refractivity (Wildman–Crippen MR) is 127 cm³/mol. The molecular weight excluding hydrogens is 482 g/mol. The molecule has 31 heavy (non-hydrogen) atoms. The van der Waals surface area contributed by atoms with Crippen LogP contribution in [-0.2, 0) is 11.2 Å². The van der Waals surface area contributed by atoms with E-state index in [2.05, 4.69) is 43.7 Å². The number of unbranched alkanes of at least 4 members (excludes halogenated alkanes) is 3. The number of nitrogens with one attached hydrogen (secondary N) is 1. The Balaban J connectivity index is 1.92. The maximum Gasteiger partial charge on any atom is 0.308 e. The zero-order valence-corrected chi connectivity index (χ0v) is 19.8. The fraction of sp³-hybridized carbons (Fsp3) is 0.304. The normalized spacial score (nSPS) is 10.8. The van der Waals surface area contributed by atoms with Crippen LogP contribution in [0.3, 0.4) is 0 Å². The first-order chi connectivity index (χ1) is 15.0. The second kappa shape index (κ2) is 11.3. The minimum atomic E-state index is -0.428. The van der Waals surface area contributed by atoms with Crippen molar-refractivity contribution in [3.05, 3.63) is 53.1 Å². The van der Waals surface area contributed by atoms with Crippen molar-refractivity contribution in [1.82, 2.24) is 9.97 Å². The van der Waals surface area contributed by atoms with Crippen molar-refractivity contribution >= 4 is 55.9 Å². The zero-order valence-electron chi connectivity index (χ0n) is 17.5. The Morgan fingerprint density at radius 3 is 2.77 bits per heavy atom. The van der Waals surface area contributed by atoms with E-state index in [9.17, 15) is 4.79 Å². The van der Waals surface area contributed by atoms with Crippen LogP contribution in [0.1, 0.15) is 31.7 Å². The molecule has 0 aliphatic heterocycles. The van der Waals surface area contributed by atoms with E-state index in [1.807, 2.05) is 12.1 Å². The third-order valence-electron chi connectivity index (χ3n) is 4.66. The van der Waals surface area contributed by atoms with Gasteiger partial charge in [-0.3, -0.25) is 4.79 Å². The number of anilines is 2. The molecule has 0 aliphatic carbocycles. The summed E-state index contributed by atoms with van der Waals surface area (Å²) >= 11 is 9.31. The first kappa shape index (κ1) is 23.3. The first-order valence-electron chi connectivity index (χ1n) is 9.96. The highest BCUT2D eigenvalue weighted by molar-refractivity contribution is 9.10. The highest BCUT2D eigenvalue weighted by Crippen LogP contribution is 2.35. The minimum absolute atomic E-state index is 0.322. The van der Waals surface area contributed by atoms with Gasteiger partial charge in [-0.25, -0.2) is 9.97 Å². The lowest BCUT2D eigenvalue weighted by atomic mass is 10.0. The van der Waals surface area contributed by atoms with E-state index >= 15 is 0 Å². The predicted octanol–water partition coefficient (Wildman–Crippen LogP) is 6.23. The molecule has 0 bridgehead atoms. The molecule has 3 aromatic rings. The summed E-state index contributed by atoms with van der Waals surface area (Å²) in [6.07, 6.45) is 7.70. The molecule has 0 saturated carbocycles. The Labute approximate surface area is 195 Å². The molecule has 0 spiro atoms. The molecular formula is C23H24BrClN3O3. The van der Waals surface area contributed by atoms with E-state index < -0.39 is 5.97 Å². The fourth-order valence-corrected chi connectivity index (χ4v) is 3.72. The van der Waals surface area contributed by atoms with Gasteiger partial charge < -0.3 is 14.8 Å². The molecule has 0 unspecified atom stereocenters. The largest absolute Gasteiger partial charge is 0.493 e. The summed E-state index contributed by atoms with van der Waals surface area (Å²) in [4.78, 5) is 20.3. The van der Waals surface area contributed by atoms with Crippen molar-refractivity contribution in [3.8, 4) is 11.5 Å². The number of benzene rings is 2. The van der Waals surface area contributed by atoms with Crippen LogP contribution in [0.2, 0.25) is 0 Å². The van der Waals surface area contributed by atoms with Gasteiger partial charge in [0.2, 0.25) is 0 Å². The highest BCUT2D eigenvalue weighted by atomic mass is 79.9. The zero-order chi connectivity index (χ0) is 22.2. The summed E-state index contributed by atoms with van der Waals surface area (Å²) in [5.41, 5.74) is 2.76. The van der Waals surface area contributed by atoms with E-state index in [4.69, 9.17) is 21.1 Å². The Morgan fingerprint density at radius 1 is 1.19 bits per heavy atom. The first-order valence-corrected chi connectivity index (χ1v) is 11.3. The molecule has 1 aromatic heterocycles. The van der Waals surface area contributed by atoms with Crippen molar-refractivity contribution in [3.63, 3.8) is 0 Å². The lowest BCUT2D eigenvalue weighted by molar-refractivity contribution is -0.132. The SMILES string of the molecule is COc1cc2ncnc(Nc3cc(Br)ccc3C[CH]CCCCCl)c2cc1OC(C)=O. The minimum Gasteiger partial charge on any atom is -0.493 e. The number of ether oxygens (including phenoxy) is 2. The van der Waals surface area contributed by atoms with Gasteiger partial charge in [-0.1, -0.05) is 28.4 Å². The number of carbonyl (C=O) groups excluding carboxylic acids is 1. The topological polar surface area (TPSA) is 73.3 Å². The van der Waals surface area contributed by atoms with Crippen molar-refractivity contribution in [2.75, 3.05) is 18.3 Å². The number of carbonyl (C=O) groups is 1. The molecule has 2 aromatic carbocycles. The van der Waals surface area contributed by atoms with Crippen LogP contribution in [0.15, 0.2) is 41.1 Å². The number of hydrogen-bond acceptors (Lipinski definition) is 6. The van der Waals surface area contributed by atoms with Crippen molar-refractivity contribution in [2.45, 2.75) is 32.6 Å². The van der Waals surface area contributed by atoms with Gasteiger partial charge in [-0.05, 0) is 49.4 Å². The molecule has 6 nitrogen and oxygen atoms in total. The van der Waals surface area contributed by atoms with Crippen LogP contribution in [0.5, 0.6) is 11.5 Å². The molecule has 0 saturated heterocycles. The van der Waals surface area contributed by atoms with Gasteiger partial charge in [0.05, 0.1) is 12.6 Å². The van der Waals surface area contributed by atoms with Crippen LogP contribution in [0.4, 0.5) is 11.5 Å². The highest BCUT2D eigenvalue weighted by Gasteiger charge is 2.14. The Hall–Kier alpha value is -2.38. The van der Waals surface area contributed by atoms with Gasteiger partial charge in [0, 0.05) is 34.4 Å². The second-order valence-corrected chi connectivity index (χ2v) is 8.23.